The van der Waals surface area contributed by atoms with Gasteiger partial charge < -0.3 is 10.1 Å². The van der Waals surface area contributed by atoms with Gasteiger partial charge in [-0.15, -0.1) is 0 Å². The predicted octanol–water partition coefficient (Wildman–Crippen LogP) is 4.78. The summed E-state index contributed by atoms with van der Waals surface area (Å²) in [6.45, 7) is 2.88. The molecule has 33 heavy (non-hydrogen) atoms. The third-order valence-corrected chi connectivity index (χ3v) is 8.11. The Morgan fingerprint density at radius 1 is 1.00 bits per heavy atom. The molecule has 4 rings (SSSR count). The highest BCUT2D eigenvalue weighted by Crippen LogP contribution is 2.26. The van der Waals surface area contributed by atoms with Crippen LogP contribution in [0.5, 0.6) is 11.5 Å². The number of para-hydroxylation sites is 1. The summed E-state index contributed by atoms with van der Waals surface area (Å²) < 4.78 is 32.5. The molecule has 0 spiro atoms. The number of pyridine rings is 1. The second-order valence-corrected chi connectivity index (χ2v) is 10.9. The number of thioether (sulfide) groups is 1. The van der Waals surface area contributed by atoms with Crippen LogP contribution in [0.1, 0.15) is 19.8 Å². The fourth-order valence-electron chi connectivity index (χ4n) is 3.38. The lowest BCUT2D eigenvalue weighted by molar-refractivity contribution is -0.115. The van der Waals surface area contributed by atoms with Crippen LogP contribution in [-0.4, -0.2) is 42.0 Å². The molecule has 1 aliphatic rings. The molecule has 1 unspecified atom stereocenters. The van der Waals surface area contributed by atoms with Crippen molar-refractivity contribution in [3.63, 3.8) is 0 Å². The van der Waals surface area contributed by atoms with E-state index in [1.54, 1.807) is 43.3 Å². The molecule has 7 nitrogen and oxygen atoms in total. The Labute approximate surface area is 198 Å². The highest BCUT2D eigenvalue weighted by molar-refractivity contribution is 8.00. The van der Waals surface area contributed by atoms with Crippen LogP contribution in [0.15, 0.2) is 82.8 Å². The van der Waals surface area contributed by atoms with Crippen molar-refractivity contribution in [3.8, 4) is 11.5 Å². The fraction of sp³-hybridized carbons (Fsp3) is 0.250. The second kappa shape index (κ2) is 10.4. The minimum atomic E-state index is -3.49. The lowest BCUT2D eigenvalue weighted by Gasteiger charge is -2.15. The van der Waals surface area contributed by atoms with Gasteiger partial charge in [0.2, 0.25) is 15.9 Å². The van der Waals surface area contributed by atoms with Crippen molar-refractivity contribution < 1.29 is 17.9 Å². The minimum absolute atomic E-state index is 0.174. The van der Waals surface area contributed by atoms with Crippen LogP contribution in [0.3, 0.4) is 0 Å². The van der Waals surface area contributed by atoms with Gasteiger partial charge in [-0.2, -0.15) is 4.31 Å². The van der Waals surface area contributed by atoms with Crippen LogP contribution in [0.4, 0.5) is 5.69 Å². The Balaban J connectivity index is 1.32. The van der Waals surface area contributed by atoms with E-state index in [0.717, 1.165) is 18.6 Å². The molecule has 0 bridgehead atoms. The topological polar surface area (TPSA) is 88.6 Å². The van der Waals surface area contributed by atoms with Crippen LogP contribution in [0.2, 0.25) is 0 Å². The predicted molar refractivity (Wildman–Crippen MR) is 129 cm³/mol. The molecule has 0 radical (unpaired) electrons. The van der Waals surface area contributed by atoms with Gasteiger partial charge in [-0.1, -0.05) is 30.0 Å². The third kappa shape index (κ3) is 5.93. The van der Waals surface area contributed by atoms with Gasteiger partial charge in [0.25, 0.3) is 0 Å². The average Bonchev–Trinajstić information content (AvgIpc) is 3.37. The molecule has 1 amide bonds. The van der Waals surface area contributed by atoms with Crippen molar-refractivity contribution in [2.24, 2.45) is 0 Å². The summed E-state index contributed by atoms with van der Waals surface area (Å²) in [5.74, 6) is 1.24. The number of carbonyl (C=O) groups excluding carboxylic acids is 1. The highest BCUT2D eigenvalue weighted by atomic mass is 32.2. The van der Waals surface area contributed by atoms with Crippen molar-refractivity contribution in [3.05, 3.63) is 72.9 Å². The van der Waals surface area contributed by atoms with E-state index in [9.17, 15) is 13.2 Å². The minimum Gasteiger partial charge on any atom is -0.457 e. The molecule has 0 aliphatic carbocycles. The standard InChI is InChI=1S/C24H25N3O4S2/c1-18(32-23-14-13-22(17-25-23)33(29,30)27-15-5-6-16-27)24(28)26-19-9-11-21(12-10-19)31-20-7-3-2-4-8-20/h2-4,7-14,17-18H,5-6,15-16H2,1H3,(H,26,28). The van der Waals surface area contributed by atoms with E-state index in [2.05, 4.69) is 10.3 Å². The summed E-state index contributed by atoms with van der Waals surface area (Å²) in [4.78, 5) is 17.0. The van der Waals surface area contributed by atoms with Crippen molar-refractivity contribution in [1.29, 1.82) is 0 Å². The Kier molecular flexibility index (Phi) is 7.32. The molecule has 172 valence electrons. The number of rotatable bonds is 8. The first-order valence-electron chi connectivity index (χ1n) is 10.7. The number of aromatic nitrogens is 1. The zero-order chi connectivity index (χ0) is 23.3. The van der Waals surface area contributed by atoms with Gasteiger partial charge in [-0.05, 0) is 68.3 Å². The number of ether oxygens (including phenoxy) is 1. The zero-order valence-electron chi connectivity index (χ0n) is 18.2. The number of hydrogen-bond acceptors (Lipinski definition) is 6. The second-order valence-electron chi connectivity index (χ2n) is 7.63. The molecule has 9 heteroatoms. The van der Waals surface area contributed by atoms with E-state index in [1.165, 1.54) is 22.3 Å². The summed E-state index contributed by atoms with van der Waals surface area (Å²) in [6, 6.07) is 19.8. The number of hydrogen-bond donors (Lipinski definition) is 1. The van der Waals surface area contributed by atoms with E-state index in [4.69, 9.17) is 4.74 Å². The third-order valence-electron chi connectivity index (χ3n) is 5.18. The molecule has 1 fully saturated rings. The molecule has 0 saturated carbocycles. The smallest absolute Gasteiger partial charge is 0.244 e. The normalized spacial score (nSPS) is 15.2. The molecule has 1 saturated heterocycles. The number of nitrogens with one attached hydrogen (secondary N) is 1. The SMILES string of the molecule is CC(Sc1ccc(S(=O)(=O)N2CCCC2)cn1)C(=O)Nc1ccc(Oc2ccccc2)cc1. The molecule has 1 atom stereocenters. The molecule has 1 N–H and O–H groups in total. The van der Waals surface area contributed by atoms with E-state index in [0.29, 0.717) is 29.6 Å². The first kappa shape index (κ1) is 23.3. The first-order chi connectivity index (χ1) is 15.9. The van der Waals surface area contributed by atoms with Crippen LogP contribution in [0.25, 0.3) is 0 Å². The molecule has 2 aromatic carbocycles. The Morgan fingerprint density at radius 2 is 1.67 bits per heavy atom. The van der Waals surface area contributed by atoms with Crippen molar-refractivity contribution in [2.45, 2.75) is 34.9 Å². The molecular weight excluding hydrogens is 458 g/mol. The molecule has 2 heterocycles. The number of anilines is 1. The summed E-state index contributed by atoms with van der Waals surface area (Å²) in [6.07, 6.45) is 3.14. The van der Waals surface area contributed by atoms with Gasteiger partial charge >= 0.3 is 0 Å². The van der Waals surface area contributed by atoms with Crippen molar-refractivity contribution >= 4 is 33.4 Å². The number of amides is 1. The maximum Gasteiger partial charge on any atom is 0.244 e. The van der Waals surface area contributed by atoms with Crippen LogP contribution < -0.4 is 10.1 Å². The van der Waals surface area contributed by atoms with E-state index < -0.39 is 15.3 Å². The van der Waals surface area contributed by atoms with Gasteiger partial charge in [0.1, 0.15) is 16.4 Å². The Morgan fingerprint density at radius 3 is 2.30 bits per heavy atom. The molecular formula is C24H25N3O4S2. The van der Waals surface area contributed by atoms with Gasteiger partial charge in [0, 0.05) is 25.0 Å². The monoisotopic (exact) mass is 483 g/mol. The lowest BCUT2D eigenvalue weighted by Crippen LogP contribution is -2.28. The Hall–Kier alpha value is -2.88. The molecule has 1 aromatic heterocycles. The van der Waals surface area contributed by atoms with Crippen molar-refractivity contribution in [1.82, 2.24) is 9.29 Å². The highest BCUT2D eigenvalue weighted by Gasteiger charge is 2.27. The summed E-state index contributed by atoms with van der Waals surface area (Å²) in [5.41, 5.74) is 0.660. The lowest BCUT2D eigenvalue weighted by atomic mass is 10.3. The summed E-state index contributed by atoms with van der Waals surface area (Å²) in [5, 5.41) is 3.05. The molecule has 3 aromatic rings. The average molecular weight is 484 g/mol. The van der Waals surface area contributed by atoms with E-state index in [1.807, 2.05) is 30.3 Å². The quantitative estimate of drug-likeness (QED) is 0.464. The Bertz CT molecular complexity index is 1180. The van der Waals surface area contributed by atoms with Crippen LogP contribution >= 0.6 is 11.8 Å². The largest absolute Gasteiger partial charge is 0.457 e. The van der Waals surface area contributed by atoms with Gasteiger partial charge in [0.05, 0.1) is 10.3 Å². The van der Waals surface area contributed by atoms with Crippen LogP contribution in [0, 0.1) is 0 Å². The summed E-state index contributed by atoms with van der Waals surface area (Å²) >= 11 is 1.27. The van der Waals surface area contributed by atoms with Crippen molar-refractivity contribution in [2.75, 3.05) is 18.4 Å². The number of carbonyl (C=O) groups is 1. The van der Waals surface area contributed by atoms with Gasteiger partial charge in [-0.3, -0.25) is 4.79 Å². The number of benzene rings is 2. The maximum absolute atomic E-state index is 12.6. The zero-order valence-corrected chi connectivity index (χ0v) is 19.8. The van der Waals surface area contributed by atoms with Crippen LogP contribution in [-0.2, 0) is 14.8 Å². The summed E-state index contributed by atoms with van der Waals surface area (Å²) in [7, 11) is -3.49. The number of sulfonamides is 1. The van der Waals surface area contributed by atoms with Gasteiger partial charge in [0.15, 0.2) is 0 Å². The van der Waals surface area contributed by atoms with Gasteiger partial charge in [-0.25, -0.2) is 13.4 Å². The van der Waals surface area contributed by atoms with E-state index >= 15 is 0 Å². The first-order valence-corrected chi connectivity index (χ1v) is 13.0. The fourth-order valence-corrected chi connectivity index (χ4v) is 5.63. The van der Waals surface area contributed by atoms with E-state index in [-0.39, 0.29) is 10.8 Å². The molecule has 1 aliphatic heterocycles. The number of nitrogens with zero attached hydrogens (tertiary/aromatic N) is 2. The maximum atomic E-state index is 12.6.